The third kappa shape index (κ3) is 2.96. The van der Waals surface area contributed by atoms with Crippen LogP contribution in [0.1, 0.15) is 44.1 Å². The number of hydrogen-bond donors (Lipinski definition) is 1. The first-order valence-corrected chi connectivity index (χ1v) is 9.95. The largest absolute Gasteiger partial charge is 0.461 e. The molecule has 3 heterocycles. The van der Waals surface area contributed by atoms with E-state index in [9.17, 15) is 9.90 Å². The monoisotopic (exact) mass is 360 g/mol. The van der Waals surface area contributed by atoms with E-state index in [1.165, 1.54) is 19.4 Å². The Morgan fingerprint density at radius 3 is 2.50 bits per heavy atom. The second kappa shape index (κ2) is 6.95. The van der Waals surface area contributed by atoms with Crippen molar-refractivity contribution < 1.29 is 23.9 Å². The van der Waals surface area contributed by atoms with Crippen LogP contribution in [-0.4, -0.2) is 66.2 Å². The maximum atomic E-state index is 12.7. The zero-order valence-electron chi connectivity index (χ0n) is 15.7. The number of quaternary nitrogens is 1. The van der Waals surface area contributed by atoms with Crippen LogP contribution in [0.15, 0.2) is 30.3 Å². The second-order valence-electron chi connectivity index (χ2n) is 8.30. The van der Waals surface area contributed by atoms with Crippen molar-refractivity contribution in [3.63, 3.8) is 0 Å². The highest BCUT2D eigenvalue weighted by Crippen LogP contribution is 2.52. The summed E-state index contributed by atoms with van der Waals surface area (Å²) < 4.78 is 12.9. The Labute approximate surface area is 155 Å². The molecular formula is C21H30NO4+. The lowest BCUT2D eigenvalue weighted by Gasteiger charge is -2.48. The van der Waals surface area contributed by atoms with Crippen LogP contribution in [-0.2, 0) is 14.3 Å². The predicted molar refractivity (Wildman–Crippen MR) is 97.6 cm³/mol. The standard InChI is InChI=1S/C21H30NO4/c1-3-4-10-22(2)17-11-15(12-18(22)20-19(17)26-20)25-21(24)16(13-23)14-8-6-5-7-9-14/h5-9,15-20,23H,3-4,10-13H2,1-2H3/q+1/t15?,16-,17+,18+,19-,20-,22?/m1/s1. The highest BCUT2D eigenvalue weighted by molar-refractivity contribution is 5.78. The number of aliphatic hydroxyl groups excluding tert-OH is 1. The van der Waals surface area contributed by atoms with Crippen LogP contribution in [0, 0.1) is 0 Å². The van der Waals surface area contributed by atoms with Gasteiger partial charge in [0.2, 0.25) is 0 Å². The zero-order chi connectivity index (χ0) is 18.3. The highest BCUT2D eigenvalue weighted by atomic mass is 16.6. The van der Waals surface area contributed by atoms with Crippen molar-refractivity contribution in [1.82, 2.24) is 0 Å². The number of unbranched alkanes of at least 4 members (excludes halogenated alkanes) is 1. The molecule has 3 aliphatic rings. The second-order valence-corrected chi connectivity index (χ2v) is 8.30. The van der Waals surface area contributed by atoms with E-state index < -0.39 is 5.92 Å². The lowest BCUT2D eigenvalue weighted by molar-refractivity contribution is -0.956. The fourth-order valence-electron chi connectivity index (χ4n) is 5.23. The van der Waals surface area contributed by atoms with Crippen LogP contribution in [0.5, 0.6) is 0 Å². The van der Waals surface area contributed by atoms with Gasteiger partial charge in [0.05, 0.1) is 20.2 Å². The van der Waals surface area contributed by atoms with Gasteiger partial charge in [-0.1, -0.05) is 43.7 Å². The van der Waals surface area contributed by atoms with Crippen LogP contribution in [0.3, 0.4) is 0 Å². The highest BCUT2D eigenvalue weighted by Gasteiger charge is 2.71. The Balaban J connectivity index is 1.42. The van der Waals surface area contributed by atoms with Crippen molar-refractivity contribution >= 4 is 5.97 Å². The maximum Gasteiger partial charge on any atom is 0.316 e. The molecule has 5 heteroatoms. The van der Waals surface area contributed by atoms with Gasteiger partial charge in [0.1, 0.15) is 36.3 Å². The number of piperidine rings is 1. The number of likely N-dealkylation sites (N-methyl/N-ethyl adjacent to an activating group) is 1. The first-order chi connectivity index (χ1) is 12.6. The molecule has 0 aromatic heterocycles. The molecule has 0 aliphatic carbocycles. The molecule has 1 aromatic rings. The van der Waals surface area contributed by atoms with Crippen molar-refractivity contribution in [3.05, 3.63) is 35.9 Å². The molecule has 0 spiro atoms. The summed E-state index contributed by atoms with van der Waals surface area (Å²) in [6.45, 7) is 3.20. The van der Waals surface area contributed by atoms with Crippen LogP contribution in [0.4, 0.5) is 0 Å². The van der Waals surface area contributed by atoms with Crippen molar-refractivity contribution in [1.29, 1.82) is 0 Å². The van der Waals surface area contributed by atoms with Gasteiger partial charge >= 0.3 is 5.97 Å². The smallest absolute Gasteiger partial charge is 0.316 e. The summed E-state index contributed by atoms with van der Waals surface area (Å²) in [5.41, 5.74) is 0.813. The number of aliphatic hydroxyl groups is 1. The van der Waals surface area contributed by atoms with E-state index in [1.54, 1.807) is 0 Å². The summed E-state index contributed by atoms with van der Waals surface area (Å²) in [5, 5.41) is 9.70. The molecule has 26 heavy (non-hydrogen) atoms. The Morgan fingerprint density at radius 2 is 1.92 bits per heavy atom. The average molecular weight is 360 g/mol. The minimum absolute atomic E-state index is 0.0560. The third-order valence-electron chi connectivity index (χ3n) is 6.79. The fraction of sp³-hybridized carbons (Fsp3) is 0.667. The van der Waals surface area contributed by atoms with Gasteiger partial charge in [-0.25, -0.2) is 0 Å². The van der Waals surface area contributed by atoms with Crippen molar-refractivity contribution in [2.75, 3.05) is 20.2 Å². The number of hydrogen-bond acceptors (Lipinski definition) is 4. The van der Waals surface area contributed by atoms with Crippen LogP contribution < -0.4 is 0 Å². The number of nitrogens with zero attached hydrogens (tertiary/aromatic N) is 1. The lowest BCUT2D eigenvalue weighted by Crippen LogP contribution is -2.62. The number of morpholine rings is 1. The number of benzene rings is 1. The number of rotatable bonds is 7. The maximum absolute atomic E-state index is 12.7. The molecule has 0 saturated carbocycles. The van der Waals surface area contributed by atoms with Crippen LogP contribution >= 0.6 is 0 Å². The van der Waals surface area contributed by atoms with E-state index in [0.29, 0.717) is 24.3 Å². The Bertz CT molecular complexity index is 631. The summed E-state index contributed by atoms with van der Waals surface area (Å²) in [6, 6.07) is 10.3. The first-order valence-electron chi connectivity index (χ1n) is 9.95. The van der Waals surface area contributed by atoms with Gasteiger partial charge in [0, 0.05) is 12.8 Å². The number of esters is 1. The third-order valence-corrected chi connectivity index (χ3v) is 6.79. The number of carbonyl (C=O) groups is 1. The van der Waals surface area contributed by atoms with Crippen molar-refractivity contribution in [2.24, 2.45) is 0 Å². The number of ether oxygens (including phenoxy) is 2. The molecular weight excluding hydrogens is 330 g/mol. The van der Waals surface area contributed by atoms with E-state index in [1.807, 2.05) is 30.3 Å². The van der Waals surface area contributed by atoms with Gasteiger partial charge in [0.15, 0.2) is 0 Å². The topological polar surface area (TPSA) is 59.1 Å². The molecule has 3 saturated heterocycles. The zero-order valence-corrected chi connectivity index (χ0v) is 15.7. The molecule has 142 valence electrons. The van der Waals surface area contributed by atoms with Crippen molar-refractivity contribution in [3.8, 4) is 0 Å². The quantitative estimate of drug-likeness (QED) is 0.460. The average Bonchev–Trinajstić information content (AvgIpc) is 3.40. The van der Waals surface area contributed by atoms with Gasteiger partial charge in [-0.15, -0.1) is 0 Å². The molecule has 3 fully saturated rings. The SMILES string of the molecule is CCCC[N+]1(C)[C@H]2CC(OC(=O)[C@H](CO)c3ccccc3)C[C@H]1[C@H]1O[C@@H]12. The Kier molecular flexibility index (Phi) is 4.80. The summed E-state index contributed by atoms with van der Waals surface area (Å²) in [4.78, 5) is 12.7. The Morgan fingerprint density at radius 1 is 1.27 bits per heavy atom. The van der Waals surface area contributed by atoms with Gasteiger partial charge in [0.25, 0.3) is 0 Å². The van der Waals surface area contributed by atoms with Gasteiger partial charge in [-0.05, 0) is 12.0 Å². The van der Waals surface area contributed by atoms with E-state index in [-0.39, 0.29) is 18.7 Å². The molecule has 0 radical (unpaired) electrons. The van der Waals surface area contributed by atoms with E-state index >= 15 is 0 Å². The number of fused-ring (bicyclic) bond motifs is 5. The molecule has 0 amide bonds. The molecule has 5 nitrogen and oxygen atoms in total. The van der Waals surface area contributed by atoms with Gasteiger partial charge < -0.3 is 19.1 Å². The molecule has 5 atom stereocenters. The molecule has 0 unspecified atom stereocenters. The minimum Gasteiger partial charge on any atom is -0.461 e. The van der Waals surface area contributed by atoms with Gasteiger partial charge in [-0.2, -0.15) is 0 Å². The lowest BCUT2D eigenvalue weighted by atomic mass is 9.94. The molecule has 1 aromatic carbocycles. The summed E-state index contributed by atoms with van der Waals surface area (Å²) in [7, 11) is 2.36. The molecule has 1 N–H and O–H groups in total. The van der Waals surface area contributed by atoms with Crippen LogP contribution in [0.2, 0.25) is 0 Å². The first kappa shape index (κ1) is 18.0. The predicted octanol–water partition coefficient (Wildman–Crippen LogP) is 2.23. The van der Waals surface area contributed by atoms with E-state index in [4.69, 9.17) is 9.47 Å². The van der Waals surface area contributed by atoms with E-state index in [2.05, 4.69) is 14.0 Å². The minimum atomic E-state index is -0.595. The molecule has 3 aliphatic heterocycles. The van der Waals surface area contributed by atoms with Crippen LogP contribution in [0.25, 0.3) is 0 Å². The summed E-state index contributed by atoms with van der Waals surface area (Å²) in [6.07, 6.45) is 4.83. The van der Waals surface area contributed by atoms with E-state index in [0.717, 1.165) is 22.9 Å². The van der Waals surface area contributed by atoms with Gasteiger partial charge in [-0.3, -0.25) is 4.79 Å². The van der Waals surface area contributed by atoms with Crippen molar-refractivity contribution in [2.45, 2.75) is 68.9 Å². The fourth-order valence-corrected chi connectivity index (χ4v) is 5.23. The number of carbonyl (C=O) groups excluding carboxylic acids is 1. The Hall–Kier alpha value is -1.43. The summed E-state index contributed by atoms with van der Waals surface area (Å²) >= 11 is 0. The number of epoxide rings is 1. The molecule has 4 rings (SSSR count). The normalized spacial score (nSPS) is 38.5. The summed E-state index contributed by atoms with van der Waals surface area (Å²) in [5.74, 6) is -0.898. The molecule has 2 bridgehead atoms.